The van der Waals surface area contributed by atoms with Gasteiger partial charge in [-0.25, -0.2) is 5.43 Å². The van der Waals surface area contributed by atoms with E-state index in [1.807, 2.05) is 36.4 Å². The van der Waals surface area contributed by atoms with Crippen LogP contribution in [0.3, 0.4) is 0 Å². The molecule has 0 atom stereocenters. The van der Waals surface area contributed by atoms with Crippen molar-refractivity contribution in [3.05, 3.63) is 95.6 Å². The summed E-state index contributed by atoms with van der Waals surface area (Å²) in [6.45, 7) is 2.23. The highest BCUT2D eigenvalue weighted by atomic mass is 16.5. The van der Waals surface area contributed by atoms with Crippen molar-refractivity contribution in [1.29, 1.82) is 0 Å². The minimum absolute atomic E-state index is 0.152. The summed E-state index contributed by atoms with van der Waals surface area (Å²) in [5.74, 6) is 0.526. The number of nitrogens with zero attached hydrogens (tertiary/aromatic N) is 1. The van der Waals surface area contributed by atoms with Crippen LogP contribution < -0.4 is 10.2 Å². The van der Waals surface area contributed by atoms with Crippen molar-refractivity contribution in [1.82, 2.24) is 5.43 Å². The monoisotopic (exact) mass is 360 g/mol. The number of aromatic hydroxyl groups is 1. The van der Waals surface area contributed by atoms with Gasteiger partial charge < -0.3 is 9.84 Å². The third-order valence-electron chi connectivity index (χ3n) is 3.95. The molecule has 0 heterocycles. The third kappa shape index (κ3) is 5.19. The average Bonchev–Trinajstić information content (AvgIpc) is 2.71. The zero-order chi connectivity index (χ0) is 19.1. The molecule has 0 unspecified atom stereocenters. The van der Waals surface area contributed by atoms with Crippen LogP contribution >= 0.6 is 0 Å². The van der Waals surface area contributed by atoms with E-state index in [9.17, 15) is 9.90 Å². The Hall–Kier alpha value is -3.60. The van der Waals surface area contributed by atoms with E-state index in [0.717, 1.165) is 11.1 Å². The summed E-state index contributed by atoms with van der Waals surface area (Å²) in [6.07, 6.45) is 0. The number of carbonyl (C=O) groups is 1. The predicted molar refractivity (Wildman–Crippen MR) is 105 cm³/mol. The molecular formula is C22H20N2O3. The van der Waals surface area contributed by atoms with Gasteiger partial charge in [0.05, 0.1) is 5.71 Å². The first kappa shape index (κ1) is 18.2. The molecule has 3 rings (SSSR count). The van der Waals surface area contributed by atoms with Crippen LogP contribution in [0, 0.1) is 0 Å². The second kappa shape index (κ2) is 8.67. The van der Waals surface area contributed by atoms with Crippen LogP contribution in [0.25, 0.3) is 0 Å². The van der Waals surface area contributed by atoms with E-state index >= 15 is 0 Å². The second-order valence-electron chi connectivity index (χ2n) is 5.99. The van der Waals surface area contributed by atoms with E-state index in [1.165, 1.54) is 0 Å². The lowest BCUT2D eigenvalue weighted by molar-refractivity contribution is 0.0955. The van der Waals surface area contributed by atoms with Gasteiger partial charge in [0.25, 0.3) is 5.91 Å². The number of nitrogens with one attached hydrogen (secondary N) is 1. The molecule has 0 fully saturated rings. The third-order valence-corrected chi connectivity index (χ3v) is 3.95. The van der Waals surface area contributed by atoms with Crippen LogP contribution in [0.2, 0.25) is 0 Å². The van der Waals surface area contributed by atoms with E-state index in [4.69, 9.17) is 4.74 Å². The first-order chi connectivity index (χ1) is 13.1. The fraction of sp³-hybridized carbons (Fsp3) is 0.0909. The van der Waals surface area contributed by atoms with Crippen molar-refractivity contribution >= 4 is 11.6 Å². The van der Waals surface area contributed by atoms with Gasteiger partial charge in [-0.3, -0.25) is 4.79 Å². The minimum atomic E-state index is -0.316. The van der Waals surface area contributed by atoms with Gasteiger partial charge in [-0.05, 0) is 48.9 Å². The SMILES string of the molecule is C/C(=N/NC(=O)c1ccc(OCc2ccccc2)cc1)c1cccc(O)c1. The predicted octanol–water partition coefficient (Wildman–Crippen LogP) is 4.13. The Balaban J connectivity index is 1.58. The van der Waals surface area contributed by atoms with Gasteiger partial charge in [-0.1, -0.05) is 42.5 Å². The molecule has 5 heteroatoms. The summed E-state index contributed by atoms with van der Waals surface area (Å²) in [5.41, 5.74) is 5.42. The van der Waals surface area contributed by atoms with Crippen molar-refractivity contribution in [2.24, 2.45) is 5.10 Å². The normalized spacial score (nSPS) is 11.1. The molecule has 0 aliphatic rings. The van der Waals surface area contributed by atoms with Crippen molar-refractivity contribution in [3.63, 3.8) is 0 Å². The summed E-state index contributed by atoms with van der Waals surface area (Å²) in [5, 5.41) is 13.6. The number of phenols is 1. The first-order valence-corrected chi connectivity index (χ1v) is 8.52. The second-order valence-corrected chi connectivity index (χ2v) is 5.99. The minimum Gasteiger partial charge on any atom is -0.508 e. The number of ether oxygens (including phenoxy) is 1. The Morgan fingerprint density at radius 3 is 2.41 bits per heavy atom. The molecule has 2 N–H and O–H groups in total. The standard InChI is InChI=1S/C22H20N2O3/c1-16(19-8-5-9-20(25)14-19)23-24-22(26)18-10-12-21(13-11-18)27-15-17-6-3-2-4-7-17/h2-14,25H,15H2,1H3,(H,24,26)/b23-16-. The van der Waals surface area contributed by atoms with Gasteiger partial charge in [-0.2, -0.15) is 5.10 Å². The van der Waals surface area contributed by atoms with E-state index in [1.54, 1.807) is 49.4 Å². The van der Waals surface area contributed by atoms with Gasteiger partial charge in [0, 0.05) is 11.1 Å². The van der Waals surface area contributed by atoms with Crippen molar-refractivity contribution < 1.29 is 14.6 Å². The summed E-state index contributed by atoms with van der Waals surface area (Å²) in [7, 11) is 0. The largest absolute Gasteiger partial charge is 0.508 e. The van der Waals surface area contributed by atoms with Gasteiger partial charge in [0.15, 0.2) is 0 Å². The molecule has 3 aromatic carbocycles. The number of carbonyl (C=O) groups excluding carboxylic acids is 1. The Morgan fingerprint density at radius 2 is 1.70 bits per heavy atom. The number of benzene rings is 3. The molecule has 0 saturated carbocycles. The van der Waals surface area contributed by atoms with E-state index < -0.39 is 0 Å². The Labute approximate surface area is 157 Å². The lowest BCUT2D eigenvalue weighted by Crippen LogP contribution is -2.19. The van der Waals surface area contributed by atoms with E-state index in [-0.39, 0.29) is 11.7 Å². The van der Waals surface area contributed by atoms with Crippen molar-refractivity contribution in [2.45, 2.75) is 13.5 Å². The zero-order valence-corrected chi connectivity index (χ0v) is 14.9. The lowest BCUT2D eigenvalue weighted by atomic mass is 10.1. The van der Waals surface area contributed by atoms with Gasteiger partial charge in [0.2, 0.25) is 0 Å². The molecular weight excluding hydrogens is 340 g/mol. The van der Waals surface area contributed by atoms with Gasteiger partial charge in [0.1, 0.15) is 18.1 Å². The topological polar surface area (TPSA) is 70.9 Å². The average molecular weight is 360 g/mol. The van der Waals surface area contributed by atoms with Gasteiger partial charge in [-0.15, -0.1) is 0 Å². The molecule has 0 bridgehead atoms. The highest BCUT2D eigenvalue weighted by Gasteiger charge is 2.06. The maximum Gasteiger partial charge on any atom is 0.271 e. The molecule has 0 aliphatic carbocycles. The highest BCUT2D eigenvalue weighted by Crippen LogP contribution is 2.15. The zero-order valence-electron chi connectivity index (χ0n) is 14.9. The first-order valence-electron chi connectivity index (χ1n) is 8.52. The molecule has 0 spiro atoms. The molecule has 5 nitrogen and oxygen atoms in total. The highest BCUT2D eigenvalue weighted by molar-refractivity contribution is 6.01. The molecule has 3 aromatic rings. The number of rotatable bonds is 6. The number of hydrogen-bond acceptors (Lipinski definition) is 4. The van der Waals surface area contributed by atoms with Crippen LogP contribution in [0.5, 0.6) is 11.5 Å². The van der Waals surface area contributed by atoms with Crippen LogP contribution in [0.4, 0.5) is 0 Å². The molecule has 136 valence electrons. The molecule has 27 heavy (non-hydrogen) atoms. The summed E-state index contributed by atoms with van der Waals surface area (Å²) in [6, 6.07) is 23.5. The Bertz CT molecular complexity index is 935. The fourth-order valence-corrected chi connectivity index (χ4v) is 2.44. The maximum absolute atomic E-state index is 12.2. The summed E-state index contributed by atoms with van der Waals surface area (Å²) < 4.78 is 5.71. The van der Waals surface area contributed by atoms with Crippen LogP contribution in [-0.2, 0) is 6.61 Å². The summed E-state index contributed by atoms with van der Waals surface area (Å²) in [4.78, 5) is 12.2. The fourth-order valence-electron chi connectivity index (χ4n) is 2.44. The van der Waals surface area contributed by atoms with Crippen LogP contribution in [0.1, 0.15) is 28.4 Å². The molecule has 0 aliphatic heterocycles. The van der Waals surface area contributed by atoms with Crippen molar-refractivity contribution in [2.75, 3.05) is 0 Å². The van der Waals surface area contributed by atoms with Crippen LogP contribution in [-0.4, -0.2) is 16.7 Å². The maximum atomic E-state index is 12.2. The lowest BCUT2D eigenvalue weighted by Gasteiger charge is -2.07. The number of phenolic OH excluding ortho intramolecular Hbond substituents is 1. The molecule has 0 saturated heterocycles. The smallest absolute Gasteiger partial charge is 0.271 e. The number of hydrazone groups is 1. The summed E-state index contributed by atoms with van der Waals surface area (Å²) >= 11 is 0. The number of hydrogen-bond donors (Lipinski definition) is 2. The van der Waals surface area contributed by atoms with Crippen LogP contribution in [0.15, 0.2) is 84.0 Å². The molecule has 0 radical (unpaired) electrons. The van der Waals surface area contributed by atoms with Crippen molar-refractivity contribution in [3.8, 4) is 11.5 Å². The Kier molecular flexibility index (Phi) is 5.84. The number of amides is 1. The molecule has 1 amide bonds. The van der Waals surface area contributed by atoms with E-state index in [0.29, 0.717) is 23.6 Å². The molecule has 0 aromatic heterocycles. The van der Waals surface area contributed by atoms with Gasteiger partial charge >= 0.3 is 0 Å². The Morgan fingerprint density at radius 1 is 0.963 bits per heavy atom. The van der Waals surface area contributed by atoms with E-state index in [2.05, 4.69) is 10.5 Å². The quantitative estimate of drug-likeness (QED) is 0.513.